The van der Waals surface area contributed by atoms with Gasteiger partial charge in [0.25, 0.3) is 0 Å². The third kappa shape index (κ3) is 7.02. The van der Waals surface area contributed by atoms with Crippen LogP contribution in [0.4, 0.5) is 10.1 Å². The summed E-state index contributed by atoms with van der Waals surface area (Å²) in [5, 5.41) is 0.693. The van der Waals surface area contributed by atoms with Crippen molar-refractivity contribution in [2.75, 3.05) is 44.4 Å². The van der Waals surface area contributed by atoms with E-state index in [0.717, 1.165) is 51.1 Å². The van der Waals surface area contributed by atoms with Gasteiger partial charge in [-0.15, -0.1) is 0 Å². The number of anilines is 1. The molecule has 0 aliphatic carbocycles. The first kappa shape index (κ1) is 26.0. The lowest BCUT2D eigenvalue weighted by Gasteiger charge is -2.43. The van der Waals surface area contributed by atoms with Crippen LogP contribution in [0.15, 0.2) is 72.8 Å². The fraction of sp³-hybridized carbons (Fsp3) is 0.400. The van der Waals surface area contributed by atoms with Gasteiger partial charge < -0.3 is 19.1 Å². The Hall–Kier alpha value is -2.64. The van der Waals surface area contributed by atoms with E-state index in [-0.39, 0.29) is 18.1 Å². The third-order valence-corrected chi connectivity index (χ3v) is 7.24. The van der Waals surface area contributed by atoms with Crippen LogP contribution < -0.4 is 9.64 Å². The Kier molecular flexibility index (Phi) is 8.95. The average Bonchev–Trinajstić information content (AvgIpc) is 2.93. The Morgan fingerprint density at radius 3 is 2.54 bits per heavy atom. The van der Waals surface area contributed by atoms with E-state index in [2.05, 4.69) is 34.1 Å². The SMILES string of the molecule is Fc1cc(OCCOC2CCCCO2)ccc1N1CCN(Cc2ccccc2)C[C@H]1c1ccc(Cl)cc1. The Bertz CT molecular complexity index is 1130. The van der Waals surface area contributed by atoms with Gasteiger partial charge in [-0.05, 0) is 54.7 Å². The number of ether oxygens (including phenoxy) is 3. The Morgan fingerprint density at radius 2 is 1.78 bits per heavy atom. The minimum atomic E-state index is -0.287. The summed E-state index contributed by atoms with van der Waals surface area (Å²) >= 11 is 6.17. The van der Waals surface area contributed by atoms with E-state index in [1.807, 2.05) is 42.5 Å². The van der Waals surface area contributed by atoms with Crippen LogP contribution in [0.25, 0.3) is 0 Å². The molecule has 37 heavy (non-hydrogen) atoms. The zero-order valence-corrected chi connectivity index (χ0v) is 21.8. The third-order valence-electron chi connectivity index (χ3n) is 6.99. The predicted octanol–water partition coefficient (Wildman–Crippen LogP) is 6.46. The highest BCUT2D eigenvalue weighted by Crippen LogP contribution is 2.35. The highest BCUT2D eigenvalue weighted by atomic mass is 35.5. The number of hydrogen-bond donors (Lipinski definition) is 0. The van der Waals surface area contributed by atoms with Crippen LogP contribution >= 0.6 is 11.6 Å². The van der Waals surface area contributed by atoms with Crippen molar-refractivity contribution in [2.24, 2.45) is 0 Å². The standard InChI is InChI=1S/C30H34ClFN2O3/c31-25-11-9-24(10-12-25)29-22-33(21-23-6-2-1-3-7-23)15-16-34(29)28-14-13-26(20-27(28)32)35-18-19-37-30-8-4-5-17-36-30/h1-3,6-7,9-14,20,29-30H,4-5,8,15-19,21-22H2/t29-,30?/m0/s1. The van der Waals surface area contributed by atoms with E-state index in [1.54, 1.807) is 0 Å². The molecule has 0 N–H and O–H groups in total. The lowest BCUT2D eigenvalue weighted by Crippen LogP contribution is -2.48. The second kappa shape index (κ2) is 12.7. The number of hydrogen-bond acceptors (Lipinski definition) is 5. The lowest BCUT2D eigenvalue weighted by molar-refractivity contribution is -0.165. The van der Waals surface area contributed by atoms with Crippen molar-refractivity contribution >= 4 is 17.3 Å². The van der Waals surface area contributed by atoms with Gasteiger partial charge in [0.15, 0.2) is 6.29 Å². The molecular formula is C30H34ClFN2O3. The maximum Gasteiger partial charge on any atom is 0.157 e. The summed E-state index contributed by atoms with van der Waals surface area (Å²) in [7, 11) is 0. The molecule has 0 saturated carbocycles. The van der Waals surface area contributed by atoms with E-state index in [9.17, 15) is 0 Å². The van der Waals surface area contributed by atoms with Crippen LogP contribution in [-0.2, 0) is 16.0 Å². The molecule has 2 aliphatic heterocycles. The summed E-state index contributed by atoms with van der Waals surface area (Å²) in [6, 6.07) is 23.5. The van der Waals surface area contributed by atoms with Crippen LogP contribution in [0.1, 0.15) is 36.4 Å². The van der Waals surface area contributed by atoms with E-state index in [1.165, 1.54) is 11.6 Å². The topological polar surface area (TPSA) is 34.2 Å². The second-order valence-corrected chi connectivity index (χ2v) is 10.0. The first-order valence-electron chi connectivity index (χ1n) is 13.1. The lowest BCUT2D eigenvalue weighted by atomic mass is 10.0. The molecule has 0 bridgehead atoms. The summed E-state index contributed by atoms with van der Waals surface area (Å²) in [6.07, 6.45) is 2.97. The monoisotopic (exact) mass is 524 g/mol. The highest BCUT2D eigenvalue weighted by molar-refractivity contribution is 6.30. The summed E-state index contributed by atoms with van der Waals surface area (Å²) in [6.45, 7) is 4.72. The zero-order valence-electron chi connectivity index (χ0n) is 21.0. The van der Waals surface area contributed by atoms with Gasteiger partial charge in [0.2, 0.25) is 0 Å². The molecule has 0 amide bonds. The Morgan fingerprint density at radius 1 is 0.946 bits per heavy atom. The van der Waals surface area contributed by atoms with Gasteiger partial charge >= 0.3 is 0 Å². The number of piperazine rings is 1. The van der Waals surface area contributed by atoms with Gasteiger partial charge in [-0.25, -0.2) is 4.39 Å². The van der Waals surface area contributed by atoms with Crippen LogP contribution in [-0.4, -0.2) is 50.6 Å². The molecule has 3 aromatic carbocycles. The molecule has 196 valence electrons. The second-order valence-electron chi connectivity index (χ2n) is 9.61. The van der Waals surface area contributed by atoms with Crippen molar-refractivity contribution < 1.29 is 18.6 Å². The molecule has 2 atom stereocenters. The van der Waals surface area contributed by atoms with E-state index in [4.69, 9.17) is 25.8 Å². The van der Waals surface area contributed by atoms with Gasteiger partial charge in [-0.1, -0.05) is 54.1 Å². The minimum absolute atomic E-state index is 0.000101. The molecule has 5 rings (SSSR count). The molecule has 2 aliphatic rings. The molecule has 5 nitrogen and oxygen atoms in total. The summed E-state index contributed by atoms with van der Waals surface area (Å²) in [4.78, 5) is 4.59. The van der Waals surface area contributed by atoms with Crippen molar-refractivity contribution in [3.8, 4) is 5.75 Å². The summed E-state index contributed by atoms with van der Waals surface area (Å²) in [5.74, 6) is 0.213. The van der Waals surface area contributed by atoms with E-state index < -0.39 is 0 Å². The van der Waals surface area contributed by atoms with Crippen molar-refractivity contribution in [1.29, 1.82) is 0 Å². The molecule has 1 unspecified atom stereocenters. The number of rotatable bonds is 9. The largest absolute Gasteiger partial charge is 0.491 e. The first-order valence-corrected chi connectivity index (χ1v) is 13.5. The van der Waals surface area contributed by atoms with Gasteiger partial charge in [0.1, 0.15) is 18.2 Å². The van der Waals surface area contributed by atoms with Crippen molar-refractivity contribution in [2.45, 2.75) is 38.1 Å². The minimum Gasteiger partial charge on any atom is -0.491 e. The van der Waals surface area contributed by atoms with Crippen molar-refractivity contribution in [1.82, 2.24) is 4.90 Å². The molecule has 7 heteroatoms. The zero-order chi connectivity index (χ0) is 25.5. The highest BCUT2D eigenvalue weighted by Gasteiger charge is 2.30. The molecule has 2 saturated heterocycles. The van der Waals surface area contributed by atoms with Crippen LogP contribution in [0.3, 0.4) is 0 Å². The smallest absolute Gasteiger partial charge is 0.157 e. The molecule has 2 heterocycles. The van der Waals surface area contributed by atoms with Crippen LogP contribution in [0, 0.1) is 5.82 Å². The van der Waals surface area contributed by atoms with E-state index >= 15 is 4.39 Å². The van der Waals surface area contributed by atoms with E-state index in [0.29, 0.717) is 36.2 Å². The molecule has 0 radical (unpaired) electrons. The average molecular weight is 525 g/mol. The molecule has 0 aromatic heterocycles. The summed E-state index contributed by atoms with van der Waals surface area (Å²) < 4.78 is 32.5. The predicted molar refractivity (Wildman–Crippen MR) is 145 cm³/mol. The fourth-order valence-electron chi connectivity index (χ4n) is 5.08. The maximum atomic E-state index is 15.4. The number of benzene rings is 3. The molecular weight excluding hydrogens is 491 g/mol. The number of halogens is 2. The van der Waals surface area contributed by atoms with Crippen LogP contribution in [0.5, 0.6) is 5.75 Å². The molecule has 0 spiro atoms. The fourth-order valence-corrected chi connectivity index (χ4v) is 5.20. The van der Waals surface area contributed by atoms with Gasteiger partial charge in [0.05, 0.1) is 18.3 Å². The maximum absolute atomic E-state index is 15.4. The molecule has 2 fully saturated rings. The number of nitrogens with zero attached hydrogens (tertiary/aromatic N) is 2. The van der Waals surface area contributed by atoms with Gasteiger partial charge in [-0.3, -0.25) is 4.90 Å². The van der Waals surface area contributed by atoms with Gasteiger partial charge in [0, 0.05) is 43.9 Å². The van der Waals surface area contributed by atoms with Crippen molar-refractivity contribution in [3.63, 3.8) is 0 Å². The Balaban J connectivity index is 1.25. The summed E-state index contributed by atoms with van der Waals surface area (Å²) in [5.41, 5.74) is 2.97. The van der Waals surface area contributed by atoms with Crippen LogP contribution in [0.2, 0.25) is 5.02 Å². The normalized spacial score (nSPS) is 20.6. The first-order chi connectivity index (χ1) is 18.2. The molecule has 3 aromatic rings. The quantitative estimate of drug-likeness (QED) is 0.300. The van der Waals surface area contributed by atoms with Gasteiger partial charge in [-0.2, -0.15) is 0 Å². The Labute approximate surface area is 223 Å². The van der Waals surface area contributed by atoms with Crippen molar-refractivity contribution in [3.05, 3.63) is 94.8 Å².